The van der Waals surface area contributed by atoms with Gasteiger partial charge in [0, 0.05) is 26.1 Å². The molecule has 1 aliphatic rings. The number of rotatable bonds is 4. The van der Waals surface area contributed by atoms with Gasteiger partial charge in [0.25, 0.3) is 0 Å². The summed E-state index contributed by atoms with van der Waals surface area (Å²) < 4.78 is 0. The van der Waals surface area contributed by atoms with Crippen molar-refractivity contribution in [3.05, 3.63) is 0 Å². The summed E-state index contributed by atoms with van der Waals surface area (Å²) in [6, 6.07) is 0.176. The Morgan fingerprint density at radius 3 is 2.69 bits per heavy atom. The van der Waals surface area contributed by atoms with Crippen molar-refractivity contribution in [3.63, 3.8) is 0 Å². The molecule has 1 saturated heterocycles. The van der Waals surface area contributed by atoms with Gasteiger partial charge in [-0.3, -0.25) is 14.5 Å². The van der Waals surface area contributed by atoms with E-state index in [2.05, 4.69) is 0 Å². The molecule has 0 radical (unpaired) electrons. The largest absolute Gasteiger partial charge is 0.480 e. The van der Waals surface area contributed by atoms with Gasteiger partial charge in [0.05, 0.1) is 6.54 Å². The zero-order valence-corrected chi connectivity index (χ0v) is 9.98. The van der Waals surface area contributed by atoms with E-state index in [0.717, 1.165) is 25.8 Å². The molecule has 1 unspecified atom stereocenters. The maximum atomic E-state index is 11.4. The smallest absolute Gasteiger partial charge is 0.317 e. The van der Waals surface area contributed by atoms with Gasteiger partial charge in [-0.1, -0.05) is 0 Å². The fraction of sp³-hybridized carbons (Fsp3) is 0.818. The van der Waals surface area contributed by atoms with Crippen molar-refractivity contribution >= 4 is 11.9 Å². The number of hydrogen-bond donors (Lipinski definition) is 1. The highest BCUT2D eigenvalue weighted by molar-refractivity contribution is 5.73. The minimum atomic E-state index is -0.826. The average Bonchev–Trinajstić information content (AvgIpc) is 2.16. The Morgan fingerprint density at radius 1 is 1.44 bits per heavy atom. The van der Waals surface area contributed by atoms with Crippen LogP contribution in [0.2, 0.25) is 0 Å². The van der Waals surface area contributed by atoms with Gasteiger partial charge in [-0.05, 0) is 26.3 Å². The van der Waals surface area contributed by atoms with E-state index in [0.29, 0.717) is 6.54 Å². The summed E-state index contributed by atoms with van der Waals surface area (Å²) in [7, 11) is 1.78. The van der Waals surface area contributed by atoms with Crippen LogP contribution in [0.4, 0.5) is 0 Å². The predicted molar refractivity (Wildman–Crippen MR) is 60.2 cm³/mol. The molecule has 0 spiro atoms. The van der Waals surface area contributed by atoms with Crippen LogP contribution in [0.3, 0.4) is 0 Å². The Balaban J connectivity index is 2.49. The zero-order valence-electron chi connectivity index (χ0n) is 9.98. The van der Waals surface area contributed by atoms with Crippen molar-refractivity contribution in [2.24, 2.45) is 0 Å². The Kier molecular flexibility index (Phi) is 4.73. The van der Waals surface area contributed by atoms with E-state index in [-0.39, 0.29) is 18.5 Å². The summed E-state index contributed by atoms with van der Waals surface area (Å²) in [6.07, 6.45) is 3.15. The van der Waals surface area contributed by atoms with E-state index in [9.17, 15) is 9.59 Å². The van der Waals surface area contributed by atoms with Crippen molar-refractivity contribution in [3.8, 4) is 0 Å². The molecule has 0 aromatic heterocycles. The summed E-state index contributed by atoms with van der Waals surface area (Å²) >= 11 is 0. The number of carbonyl (C=O) groups is 2. The summed E-state index contributed by atoms with van der Waals surface area (Å²) in [5.41, 5.74) is 0. The second kappa shape index (κ2) is 5.84. The third-order valence-corrected chi connectivity index (χ3v) is 2.96. The van der Waals surface area contributed by atoms with Gasteiger partial charge in [-0.2, -0.15) is 0 Å². The maximum Gasteiger partial charge on any atom is 0.317 e. The number of nitrogens with zero attached hydrogens (tertiary/aromatic N) is 2. The van der Waals surface area contributed by atoms with Gasteiger partial charge in [0.2, 0.25) is 5.91 Å². The van der Waals surface area contributed by atoms with Crippen molar-refractivity contribution in [2.45, 2.75) is 32.2 Å². The molecule has 5 heteroatoms. The molecule has 92 valence electrons. The molecule has 0 aromatic rings. The third-order valence-electron chi connectivity index (χ3n) is 2.96. The van der Waals surface area contributed by atoms with Crippen molar-refractivity contribution in [1.29, 1.82) is 0 Å². The monoisotopic (exact) mass is 228 g/mol. The second-order valence-corrected chi connectivity index (χ2v) is 4.45. The standard InChI is InChI=1S/C11H20N2O3/c1-9(14)13-6-4-3-5-10(13)7-12(2)8-11(15)16/h10H,3-8H2,1-2H3,(H,15,16). The van der Waals surface area contributed by atoms with E-state index < -0.39 is 5.97 Å². The number of carbonyl (C=O) groups excluding carboxylic acids is 1. The summed E-state index contributed by atoms with van der Waals surface area (Å²) in [5, 5.41) is 8.67. The molecule has 1 heterocycles. The molecule has 16 heavy (non-hydrogen) atoms. The van der Waals surface area contributed by atoms with Crippen molar-refractivity contribution < 1.29 is 14.7 Å². The molecule has 0 aliphatic carbocycles. The lowest BCUT2D eigenvalue weighted by Gasteiger charge is -2.37. The van der Waals surface area contributed by atoms with Crippen molar-refractivity contribution in [2.75, 3.05) is 26.7 Å². The van der Waals surface area contributed by atoms with Crippen LogP contribution < -0.4 is 0 Å². The first-order valence-electron chi connectivity index (χ1n) is 5.68. The van der Waals surface area contributed by atoms with Crippen LogP contribution >= 0.6 is 0 Å². The molecule has 1 rings (SSSR count). The van der Waals surface area contributed by atoms with E-state index in [4.69, 9.17) is 5.11 Å². The Bertz CT molecular complexity index is 268. The maximum absolute atomic E-state index is 11.4. The molecular weight excluding hydrogens is 208 g/mol. The highest BCUT2D eigenvalue weighted by Gasteiger charge is 2.25. The van der Waals surface area contributed by atoms with Crippen LogP contribution in [-0.4, -0.2) is 59.5 Å². The first-order valence-corrected chi connectivity index (χ1v) is 5.68. The van der Waals surface area contributed by atoms with Crippen LogP contribution in [-0.2, 0) is 9.59 Å². The van der Waals surface area contributed by atoms with Gasteiger partial charge in [-0.15, -0.1) is 0 Å². The molecular formula is C11H20N2O3. The van der Waals surface area contributed by atoms with E-state index in [1.807, 2.05) is 4.90 Å². The number of amides is 1. The first-order chi connectivity index (χ1) is 7.50. The summed E-state index contributed by atoms with van der Waals surface area (Å²) in [6.45, 7) is 3.06. The quantitative estimate of drug-likeness (QED) is 0.757. The van der Waals surface area contributed by atoms with Crippen LogP contribution in [0, 0.1) is 0 Å². The van der Waals surface area contributed by atoms with Gasteiger partial charge in [0.15, 0.2) is 0 Å². The lowest BCUT2D eigenvalue weighted by Crippen LogP contribution is -2.48. The Hall–Kier alpha value is -1.10. The third kappa shape index (κ3) is 3.81. The molecule has 1 N–H and O–H groups in total. The fourth-order valence-electron chi connectivity index (χ4n) is 2.26. The zero-order chi connectivity index (χ0) is 12.1. The Labute approximate surface area is 96.0 Å². The number of likely N-dealkylation sites (N-methyl/N-ethyl adjacent to an activating group) is 1. The number of carboxylic acids is 1. The van der Waals surface area contributed by atoms with Crippen LogP contribution in [0.1, 0.15) is 26.2 Å². The number of likely N-dealkylation sites (tertiary alicyclic amines) is 1. The lowest BCUT2D eigenvalue weighted by molar-refractivity contribution is -0.138. The van der Waals surface area contributed by atoms with Crippen molar-refractivity contribution in [1.82, 2.24) is 9.80 Å². The van der Waals surface area contributed by atoms with E-state index in [1.54, 1.807) is 18.9 Å². The molecule has 5 nitrogen and oxygen atoms in total. The molecule has 0 bridgehead atoms. The van der Waals surface area contributed by atoms with Crippen LogP contribution in [0.15, 0.2) is 0 Å². The minimum Gasteiger partial charge on any atom is -0.480 e. The number of piperidine rings is 1. The molecule has 0 saturated carbocycles. The predicted octanol–water partition coefficient (Wildman–Crippen LogP) is 0.404. The summed E-state index contributed by atoms with van der Waals surface area (Å²) in [5.74, 6) is -0.735. The van der Waals surface area contributed by atoms with Gasteiger partial charge in [-0.25, -0.2) is 0 Å². The number of carboxylic acid groups (broad SMARTS) is 1. The van der Waals surface area contributed by atoms with Crippen LogP contribution in [0.25, 0.3) is 0 Å². The number of aliphatic carboxylic acids is 1. The van der Waals surface area contributed by atoms with Gasteiger partial charge in [0.1, 0.15) is 0 Å². The molecule has 1 atom stereocenters. The molecule has 0 aromatic carbocycles. The second-order valence-electron chi connectivity index (χ2n) is 4.45. The Morgan fingerprint density at radius 2 is 2.12 bits per heavy atom. The topological polar surface area (TPSA) is 60.9 Å². The minimum absolute atomic E-state index is 0.0300. The van der Waals surface area contributed by atoms with Gasteiger partial charge < -0.3 is 10.0 Å². The average molecular weight is 228 g/mol. The first kappa shape index (κ1) is 13.0. The SMILES string of the molecule is CC(=O)N1CCCCC1CN(C)CC(=O)O. The lowest BCUT2D eigenvalue weighted by atomic mass is 10.0. The molecule has 1 fully saturated rings. The highest BCUT2D eigenvalue weighted by Crippen LogP contribution is 2.17. The van der Waals surface area contributed by atoms with E-state index in [1.165, 1.54) is 0 Å². The number of hydrogen-bond acceptors (Lipinski definition) is 3. The fourth-order valence-corrected chi connectivity index (χ4v) is 2.26. The molecule has 1 amide bonds. The van der Waals surface area contributed by atoms with Gasteiger partial charge >= 0.3 is 5.97 Å². The highest BCUT2D eigenvalue weighted by atomic mass is 16.4. The normalized spacial score (nSPS) is 21.2. The van der Waals surface area contributed by atoms with Crippen LogP contribution in [0.5, 0.6) is 0 Å². The molecule has 1 aliphatic heterocycles. The summed E-state index contributed by atoms with van der Waals surface area (Å²) in [4.78, 5) is 25.6. The van der Waals surface area contributed by atoms with E-state index >= 15 is 0 Å².